The molecule has 1 aliphatic heterocycles. The normalized spacial score (nSPS) is 15.0. The van der Waals surface area contributed by atoms with E-state index in [4.69, 9.17) is 4.74 Å². The van der Waals surface area contributed by atoms with Gasteiger partial charge in [0.25, 0.3) is 5.91 Å². The van der Waals surface area contributed by atoms with E-state index in [9.17, 15) is 9.59 Å². The van der Waals surface area contributed by atoms with E-state index >= 15 is 0 Å². The van der Waals surface area contributed by atoms with E-state index in [2.05, 4.69) is 0 Å². The van der Waals surface area contributed by atoms with Crippen LogP contribution < -0.4 is 0 Å². The third-order valence-corrected chi connectivity index (χ3v) is 3.85. The lowest BCUT2D eigenvalue weighted by Crippen LogP contribution is -2.50. The van der Waals surface area contributed by atoms with Crippen LogP contribution in [0, 0.1) is 13.8 Å². The largest absolute Gasteiger partial charge is 0.450 e. The Morgan fingerprint density at radius 2 is 1.67 bits per heavy atom. The molecule has 0 N–H and O–H groups in total. The Balaban J connectivity index is 1.97. The molecule has 0 spiro atoms. The van der Waals surface area contributed by atoms with Gasteiger partial charge in [-0.3, -0.25) is 4.79 Å². The van der Waals surface area contributed by atoms with E-state index in [-0.39, 0.29) is 12.0 Å². The monoisotopic (exact) mass is 290 g/mol. The zero-order valence-corrected chi connectivity index (χ0v) is 12.9. The van der Waals surface area contributed by atoms with Crippen molar-refractivity contribution < 1.29 is 14.3 Å². The fraction of sp³-hybridized carbons (Fsp3) is 0.500. The second-order valence-corrected chi connectivity index (χ2v) is 5.28. The summed E-state index contributed by atoms with van der Waals surface area (Å²) in [6.45, 7) is 8.34. The summed E-state index contributed by atoms with van der Waals surface area (Å²) in [7, 11) is 0. The van der Waals surface area contributed by atoms with Crippen molar-refractivity contribution in [3.8, 4) is 0 Å². The molecule has 5 nitrogen and oxygen atoms in total. The van der Waals surface area contributed by atoms with E-state index < -0.39 is 0 Å². The minimum atomic E-state index is -0.296. The second kappa shape index (κ2) is 6.61. The van der Waals surface area contributed by atoms with Gasteiger partial charge < -0.3 is 14.5 Å². The number of carbonyl (C=O) groups is 2. The number of aryl methyl sites for hydroxylation is 2. The molecule has 0 aromatic heterocycles. The van der Waals surface area contributed by atoms with Gasteiger partial charge in [-0.1, -0.05) is 6.07 Å². The first kappa shape index (κ1) is 15.4. The first-order chi connectivity index (χ1) is 10.0. The number of carbonyl (C=O) groups excluding carboxylic acids is 2. The van der Waals surface area contributed by atoms with E-state index in [1.54, 1.807) is 16.7 Å². The van der Waals surface area contributed by atoms with Crippen LogP contribution in [0.5, 0.6) is 0 Å². The van der Waals surface area contributed by atoms with Crippen LogP contribution in [0.1, 0.15) is 28.4 Å². The Morgan fingerprint density at radius 1 is 1.05 bits per heavy atom. The maximum atomic E-state index is 12.5. The van der Waals surface area contributed by atoms with Crippen LogP contribution >= 0.6 is 0 Å². The van der Waals surface area contributed by atoms with E-state index in [1.807, 2.05) is 32.0 Å². The summed E-state index contributed by atoms with van der Waals surface area (Å²) >= 11 is 0. The molecule has 1 aromatic carbocycles. The minimum Gasteiger partial charge on any atom is -0.450 e. The molecule has 0 unspecified atom stereocenters. The first-order valence-electron chi connectivity index (χ1n) is 7.31. The van der Waals surface area contributed by atoms with Crippen molar-refractivity contribution in [3.05, 3.63) is 34.9 Å². The van der Waals surface area contributed by atoms with Crippen LogP contribution in [0.2, 0.25) is 0 Å². The molecule has 0 aliphatic carbocycles. The fourth-order valence-electron chi connectivity index (χ4n) is 2.36. The molecule has 1 saturated heterocycles. The fourth-order valence-corrected chi connectivity index (χ4v) is 2.36. The van der Waals surface area contributed by atoms with Gasteiger partial charge in [-0.15, -0.1) is 0 Å². The molecule has 21 heavy (non-hydrogen) atoms. The summed E-state index contributed by atoms with van der Waals surface area (Å²) in [6, 6.07) is 5.76. The average Bonchev–Trinajstić information content (AvgIpc) is 2.50. The Labute approximate surface area is 125 Å². The molecule has 1 heterocycles. The Morgan fingerprint density at radius 3 is 2.24 bits per heavy atom. The van der Waals surface area contributed by atoms with Crippen molar-refractivity contribution >= 4 is 12.0 Å². The highest BCUT2D eigenvalue weighted by atomic mass is 16.6. The molecule has 1 fully saturated rings. The SMILES string of the molecule is CCOC(=O)N1CCN(C(=O)c2ccc(C)c(C)c2)CC1. The van der Waals surface area contributed by atoms with Crippen molar-refractivity contribution in [1.29, 1.82) is 0 Å². The van der Waals surface area contributed by atoms with Crippen molar-refractivity contribution in [2.45, 2.75) is 20.8 Å². The molecule has 1 aliphatic rings. The highest BCUT2D eigenvalue weighted by Crippen LogP contribution is 2.14. The van der Waals surface area contributed by atoms with Gasteiger partial charge in [0.2, 0.25) is 0 Å². The van der Waals surface area contributed by atoms with Crippen LogP contribution in [0.4, 0.5) is 4.79 Å². The van der Waals surface area contributed by atoms with Crippen molar-refractivity contribution in [2.24, 2.45) is 0 Å². The van der Waals surface area contributed by atoms with E-state index in [0.29, 0.717) is 38.3 Å². The Bertz CT molecular complexity index is 534. The molecule has 2 amide bonds. The molecule has 114 valence electrons. The summed E-state index contributed by atoms with van der Waals surface area (Å²) in [4.78, 5) is 27.5. The molecule has 2 rings (SSSR count). The number of benzene rings is 1. The van der Waals surface area contributed by atoms with Crippen molar-refractivity contribution in [3.63, 3.8) is 0 Å². The second-order valence-electron chi connectivity index (χ2n) is 5.28. The van der Waals surface area contributed by atoms with Gasteiger partial charge in [-0.05, 0) is 44.0 Å². The predicted octanol–water partition coefficient (Wildman–Crippen LogP) is 2.22. The molecule has 0 saturated carbocycles. The van der Waals surface area contributed by atoms with Crippen LogP contribution in [0.15, 0.2) is 18.2 Å². The zero-order chi connectivity index (χ0) is 15.4. The molecular formula is C16H22N2O3. The van der Waals surface area contributed by atoms with Gasteiger partial charge in [-0.2, -0.15) is 0 Å². The van der Waals surface area contributed by atoms with Crippen LogP contribution in [0.25, 0.3) is 0 Å². The summed E-state index contributed by atoms with van der Waals surface area (Å²) < 4.78 is 4.97. The first-order valence-corrected chi connectivity index (χ1v) is 7.31. The summed E-state index contributed by atoms with van der Waals surface area (Å²) in [5.41, 5.74) is 3.01. The van der Waals surface area contributed by atoms with Crippen molar-refractivity contribution in [1.82, 2.24) is 9.80 Å². The number of rotatable bonds is 2. The smallest absolute Gasteiger partial charge is 0.409 e. The third-order valence-electron chi connectivity index (χ3n) is 3.85. The average molecular weight is 290 g/mol. The highest BCUT2D eigenvalue weighted by Gasteiger charge is 2.25. The number of piperazine rings is 1. The van der Waals surface area contributed by atoms with Gasteiger partial charge in [0.1, 0.15) is 0 Å². The lowest BCUT2D eigenvalue weighted by Gasteiger charge is -2.34. The van der Waals surface area contributed by atoms with Crippen molar-refractivity contribution in [2.75, 3.05) is 32.8 Å². The number of hydrogen-bond donors (Lipinski definition) is 0. The predicted molar refractivity (Wildman–Crippen MR) is 80.4 cm³/mol. The molecule has 5 heteroatoms. The minimum absolute atomic E-state index is 0.0293. The van der Waals surface area contributed by atoms with Gasteiger partial charge in [0.05, 0.1) is 6.61 Å². The standard InChI is InChI=1S/C16H22N2O3/c1-4-21-16(20)18-9-7-17(8-10-18)15(19)14-6-5-12(2)13(3)11-14/h5-6,11H,4,7-10H2,1-3H3. The molecule has 0 atom stereocenters. The maximum absolute atomic E-state index is 12.5. The van der Waals surface area contributed by atoms with Crippen LogP contribution in [-0.4, -0.2) is 54.6 Å². The topological polar surface area (TPSA) is 49.9 Å². The zero-order valence-electron chi connectivity index (χ0n) is 12.9. The molecular weight excluding hydrogens is 268 g/mol. The van der Waals surface area contributed by atoms with Crippen LogP contribution in [0.3, 0.4) is 0 Å². The Hall–Kier alpha value is -2.04. The summed E-state index contributed by atoms with van der Waals surface area (Å²) in [6.07, 6.45) is -0.296. The van der Waals surface area contributed by atoms with E-state index in [1.165, 1.54) is 5.56 Å². The number of ether oxygens (including phenoxy) is 1. The lowest BCUT2D eigenvalue weighted by molar-refractivity contribution is 0.0570. The summed E-state index contributed by atoms with van der Waals surface area (Å²) in [5.74, 6) is 0.0293. The van der Waals surface area contributed by atoms with Gasteiger partial charge >= 0.3 is 6.09 Å². The van der Waals surface area contributed by atoms with E-state index in [0.717, 1.165) is 5.56 Å². The van der Waals surface area contributed by atoms with Crippen LogP contribution in [-0.2, 0) is 4.74 Å². The quantitative estimate of drug-likeness (QED) is 0.839. The number of nitrogens with zero attached hydrogens (tertiary/aromatic N) is 2. The van der Waals surface area contributed by atoms with Gasteiger partial charge in [-0.25, -0.2) is 4.79 Å². The Kier molecular flexibility index (Phi) is 4.83. The number of amides is 2. The third kappa shape index (κ3) is 3.54. The summed E-state index contributed by atoms with van der Waals surface area (Å²) in [5, 5.41) is 0. The molecule has 0 bridgehead atoms. The van der Waals surface area contributed by atoms with Gasteiger partial charge in [0, 0.05) is 31.7 Å². The highest BCUT2D eigenvalue weighted by molar-refractivity contribution is 5.94. The molecule has 1 aromatic rings. The number of hydrogen-bond acceptors (Lipinski definition) is 3. The lowest BCUT2D eigenvalue weighted by atomic mass is 10.1. The maximum Gasteiger partial charge on any atom is 0.409 e. The van der Waals surface area contributed by atoms with Gasteiger partial charge in [0.15, 0.2) is 0 Å². The molecule has 0 radical (unpaired) electrons.